The second-order valence-electron chi connectivity index (χ2n) is 3.73. The number of nitrogens with zero attached hydrogens (tertiary/aromatic N) is 1. The fraction of sp³-hybridized carbons (Fsp3) is 0.0833. The first-order valence-corrected chi connectivity index (χ1v) is 6.34. The van der Waals surface area contributed by atoms with Gasteiger partial charge in [0.25, 0.3) is 11.8 Å². The number of methoxy groups -OCH3 is 1. The maximum absolute atomic E-state index is 11.8. The number of pyridine rings is 1. The summed E-state index contributed by atoms with van der Waals surface area (Å²) in [6.45, 7) is 0. The zero-order valence-electron chi connectivity index (χ0n) is 10.4. The minimum Gasteiger partial charge on any atom is -0.481 e. The van der Waals surface area contributed by atoms with Gasteiger partial charge in [-0.3, -0.25) is 20.4 Å². The van der Waals surface area contributed by atoms with Crippen molar-refractivity contribution in [3.05, 3.63) is 46.3 Å². The predicted molar refractivity (Wildman–Crippen MR) is 74.2 cm³/mol. The van der Waals surface area contributed by atoms with Gasteiger partial charge in [0.15, 0.2) is 0 Å². The van der Waals surface area contributed by atoms with Crippen molar-refractivity contribution in [1.82, 2.24) is 20.8 Å². The molecule has 0 radical (unpaired) electrons. The molecule has 0 aromatic carbocycles. The minimum absolute atomic E-state index is 0.304. The van der Waals surface area contributed by atoms with Crippen LogP contribution in [-0.2, 0) is 0 Å². The van der Waals surface area contributed by atoms with E-state index >= 15 is 0 Å². The predicted octanol–water partition coefficient (Wildman–Crippen LogP) is 1.26. The number of H-pyrrole nitrogens is 1. The zero-order valence-corrected chi connectivity index (χ0v) is 12.0. The highest BCUT2D eigenvalue weighted by atomic mass is 79.9. The first kappa shape index (κ1) is 14.1. The molecule has 0 aliphatic carbocycles. The Labute approximate surface area is 122 Å². The van der Waals surface area contributed by atoms with E-state index in [1.54, 1.807) is 24.4 Å². The van der Waals surface area contributed by atoms with E-state index in [2.05, 4.69) is 36.7 Å². The summed E-state index contributed by atoms with van der Waals surface area (Å²) < 4.78 is 5.63. The summed E-state index contributed by atoms with van der Waals surface area (Å²) in [7, 11) is 1.48. The molecule has 0 fully saturated rings. The maximum atomic E-state index is 11.8. The summed E-state index contributed by atoms with van der Waals surface area (Å²) in [6.07, 6.45) is 2.97. The van der Waals surface area contributed by atoms with Gasteiger partial charge in [0.2, 0.25) is 5.88 Å². The van der Waals surface area contributed by atoms with Crippen LogP contribution in [0.2, 0.25) is 0 Å². The fourth-order valence-electron chi connectivity index (χ4n) is 1.39. The molecule has 0 spiro atoms. The molecule has 3 N–H and O–H groups in total. The Morgan fingerprint density at radius 2 is 2.05 bits per heavy atom. The Morgan fingerprint density at radius 1 is 1.30 bits per heavy atom. The zero-order chi connectivity index (χ0) is 14.5. The number of hydrogen-bond donors (Lipinski definition) is 3. The molecule has 0 saturated carbocycles. The standard InChI is InChI=1S/C12H11BrN4O3/c1-20-10-3-2-7(5-15-10)11(18)16-17-12(19)9-4-8(13)6-14-9/h2-6,14H,1H3,(H,16,18)(H,17,19). The molecule has 2 aromatic heterocycles. The molecule has 104 valence electrons. The SMILES string of the molecule is COc1ccc(C(=O)NNC(=O)c2cc(Br)c[nH]2)cn1. The van der Waals surface area contributed by atoms with Gasteiger partial charge in [0, 0.05) is 22.9 Å². The highest BCUT2D eigenvalue weighted by Crippen LogP contribution is 2.10. The Kier molecular flexibility index (Phi) is 4.36. The Balaban J connectivity index is 1.92. The number of hydrazine groups is 1. The van der Waals surface area contributed by atoms with Crippen LogP contribution in [0.3, 0.4) is 0 Å². The Morgan fingerprint density at radius 3 is 2.60 bits per heavy atom. The number of carbonyl (C=O) groups is 2. The van der Waals surface area contributed by atoms with Crippen LogP contribution in [0.5, 0.6) is 5.88 Å². The monoisotopic (exact) mass is 338 g/mol. The average molecular weight is 339 g/mol. The molecule has 0 atom stereocenters. The summed E-state index contributed by atoms with van der Waals surface area (Å²) in [5, 5.41) is 0. The number of halogens is 1. The van der Waals surface area contributed by atoms with Crippen LogP contribution in [0.25, 0.3) is 0 Å². The number of aromatic nitrogens is 2. The molecular formula is C12H11BrN4O3. The van der Waals surface area contributed by atoms with Crippen molar-refractivity contribution < 1.29 is 14.3 Å². The summed E-state index contributed by atoms with van der Waals surface area (Å²) in [6, 6.07) is 4.69. The second kappa shape index (κ2) is 6.20. The molecule has 20 heavy (non-hydrogen) atoms. The van der Waals surface area contributed by atoms with Crippen LogP contribution < -0.4 is 15.6 Å². The lowest BCUT2D eigenvalue weighted by Gasteiger charge is -2.06. The lowest BCUT2D eigenvalue weighted by molar-refractivity contribution is 0.0844. The van der Waals surface area contributed by atoms with E-state index in [0.717, 1.165) is 4.47 Å². The van der Waals surface area contributed by atoms with Crippen molar-refractivity contribution in [2.24, 2.45) is 0 Å². The van der Waals surface area contributed by atoms with E-state index in [4.69, 9.17) is 4.74 Å². The van der Waals surface area contributed by atoms with Gasteiger partial charge in [-0.1, -0.05) is 0 Å². The summed E-state index contributed by atoms with van der Waals surface area (Å²) in [4.78, 5) is 30.1. The Hall–Kier alpha value is -2.35. The second-order valence-corrected chi connectivity index (χ2v) is 4.64. The summed E-state index contributed by atoms with van der Waals surface area (Å²) >= 11 is 3.21. The first-order valence-electron chi connectivity index (χ1n) is 5.55. The molecule has 0 aliphatic rings. The molecule has 0 bridgehead atoms. The number of nitrogens with one attached hydrogen (secondary N) is 3. The highest BCUT2D eigenvalue weighted by Gasteiger charge is 2.10. The molecule has 2 aromatic rings. The van der Waals surface area contributed by atoms with Crippen molar-refractivity contribution in [2.75, 3.05) is 7.11 Å². The highest BCUT2D eigenvalue weighted by molar-refractivity contribution is 9.10. The van der Waals surface area contributed by atoms with Gasteiger partial charge in [0.1, 0.15) is 5.69 Å². The van der Waals surface area contributed by atoms with Crippen molar-refractivity contribution in [3.8, 4) is 5.88 Å². The molecule has 0 unspecified atom stereocenters. The van der Waals surface area contributed by atoms with Crippen LogP contribution in [0, 0.1) is 0 Å². The van der Waals surface area contributed by atoms with Crippen molar-refractivity contribution >= 4 is 27.7 Å². The van der Waals surface area contributed by atoms with Crippen LogP contribution in [0.15, 0.2) is 35.1 Å². The smallest absolute Gasteiger partial charge is 0.286 e. The number of aromatic amines is 1. The average Bonchev–Trinajstić information content (AvgIpc) is 2.91. The number of hydrogen-bond acceptors (Lipinski definition) is 4. The lowest BCUT2D eigenvalue weighted by atomic mass is 10.3. The molecule has 8 heteroatoms. The summed E-state index contributed by atoms with van der Waals surface area (Å²) in [5.41, 5.74) is 5.21. The van der Waals surface area contributed by atoms with E-state index in [9.17, 15) is 9.59 Å². The van der Waals surface area contributed by atoms with E-state index in [-0.39, 0.29) is 0 Å². The van der Waals surface area contributed by atoms with Crippen LogP contribution in [-0.4, -0.2) is 28.9 Å². The molecule has 2 rings (SSSR count). The summed E-state index contributed by atoms with van der Waals surface area (Å²) in [5.74, 6) is -0.522. The molecule has 7 nitrogen and oxygen atoms in total. The normalized spacial score (nSPS) is 9.90. The number of carbonyl (C=O) groups excluding carboxylic acids is 2. The third-order valence-corrected chi connectivity index (χ3v) is 2.85. The third kappa shape index (κ3) is 3.35. The fourth-order valence-corrected chi connectivity index (χ4v) is 1.73. The van der Waals surface area contributed by atoms with E-state index in [1.165, 1.54) is 13.3 Å². The third-order valence-electron chi connectivity index (χ3n) is 2.39. The van der Waals surface area contributed by atoms with Gasteiger partial charge in [-0.05, 0) is 28.1 Å². The maximum Gasteiger partial charge on any atom is 0.286 e. The Bertz CT molecular complexity index is 624. The van der Waals surface area contributed by atoms with Crippen molar-refractivity contribution in [3.63, 3.8) is 0 Å². The van der Waals surface area contributed by atoms with Gasteiger partial charge in [-0.2, -0.15) is 0 Å². The van der Waals surface area contributed by atoms with Crippen LogP contribution in [0.1, 0.15) is 20.8 Å². The lowest BCUT2D eigenvalue weighted by Crippen LogP contribution is -2.41. The quantitative estimate of drug-likeness (QED) is 0.734. The van der Waals surface area contributed by atoms with E-state index in [0.29, 0.717) is 17.1 Å². The van der Waals surface area contributed by atoms with E-state index < -0.39 is 11.8 Å². The molecule has 2 amide bonds. The van der Waals surface area contributed by atoms with E-state index in [1.807, 2.05) is 0 Å². The number of amides is 2. The van der Waals surface area contributed by atoms with Gasteiger partial charge >= 0.3 is 0 Å². The largest absolute Gasteiger partial charge is 0.481 e. The van der Waals surface area contributed by atoms with Gasteiger partial charge in [-0.15, -0.1) is 0 Å². The van der Waals surface area contributed by atoms with Crippen LogP contribution >= 0.6 is 15.9 Å². The van der Waals surface area contributed by atoms with Gasteiger partial charge in [-0.25, -0.2) is 4.98 Å². The van der Waals surface area contributed by atoms with Crippen molar-refractivity contribution in [2.45, 2.75) is 0 Å². The number of rotatable bonds is 3. The molecule has 0 aliphatic heterocycles. The van der Waals surface area contributed by atoms with Gasteiger partial charge in [0.05, 0.1) is 12.7 Å². The molecular weight excluding hydrogens is 328 g/mol. The number of ether oxygens (including phenoxy) is 1. The first-order chi connectivity index (χ1) is 9.60. The molecule has 2 heterocycles. The minimum atomic E-state index is -0.473. The van der Waals surface area contributed by atoms with Crippen LogP contribution in [0.4, 0.5) is 0 Å². The van der Waals surface area contributed by atoms with Crippen molar-refractivity contribution in [1.29, 1.82) is 0 Å². The van der Waals surface area contributed by atoms with Gasteiger partial charge < -0.3 is 9.72 Å². The topological polar surface area (TPSA) is 96.1 Å². The molecule has 0 saturated heterocycles.